The van der Waals surface area contributed by atoms with E-state index < -0.39 is 0 Å². The molecule has 0 aliphatic carbocycles. The summed E-state index contributed by atoms with van der Waals surface area (Å²) in [6.07, 6.45) is 0.311. The van der Waals surface area contributed by atoms with Crippen LogP contribution in [0, 0.1) is 18.3 Å². The van der Waals surface area contributed by atoms with Gasteiger partial charge in [-0.25, -0.2) is 0 Å². The largest absolute Gasteiger partial charge is 0.338 e. The van der Waals surface area contributed by atoms with Crippen LogP contribution in [0.15, 0.2) is 34.2 Å². The van der Waals surface area contributed by atoms with Crippen molar-refractivity contribution < 1.29 is 0 Å². The number of aromatic amines is 1. The van der Waals surface area contributed by atoms with Gasteiger partial charge in [-0.3, -0.25) is 9.20 Å². The highest BCUT2D eigenvalue weighted by molar-refractivity contribution is 5.82. The molecule has 0 bridgehead atoms. The maximum atomic E-state index is 12.8. The van der Waals surface area contributed by atoms with Crippen LogP contribution in [0.1, 0.15) is 16.7 Å². The third-order valence-electron chi connectivity index (χ3n) is 3.78. The first kappa shape index (κ1) is 13.7. The standard InChI is InChI=1S/C15H12N6O/c1-9-10(6-7-18-20-17)15(22)21-13-5-3-2-4-12(13)19-14(21)11(9)8-16/h2-5,19H,6-7H2,1H3. The smallest absolute Gasteiger partial charge is 0.260 e. The number of hydrogen-bond donors (Lipinski definition) is 1. The van der Waals surface area contributed by atoms with Crippen LogP contribution in [0.2, 0.25) is 0 Å². The van der Waals surface area contributed by atoms with E-state index in [4.69, 9.17) is 5.53 Å². The summed E-state index contributed by atoms with van der Waals surface area (Å²) in [6, 6.07) is 9.56. The van der Waals surface area contributed by atoms with Gasteiger partial charge in [0, 0.05) is 17.0 Å². The number of hydrogen-bond acceptors (Lipinski definition) is 3. The van der Waals surface area contributed by atoms with Crippen molar-refractivity contribution in [1.29, 1.82) is 5.26 Å². The van der Waals surface area contributed by atoms with Crippen molar-refractivity contribution in [2.24, 2.45) is 5.11 Å². The van der Waals surface area contributed by atoms with E-state index in [-0.39, 0.29) is 12.1 Å². The highest BCUT2D eigenvalue weighted by Gasteiger charge is 2.17. The SMILES string of the molecule is Cc1c(CCN=[N+]=[N-])c(=O)n2c([nH]c3ccccc32)c1C#N. The molecule has 0 radical (unpaired) electrons. The number of para-hydroxylation sites is 2. The molecule has 2 heterocycles. The predicted molar refractivity (Wildman–Crippen MR) is 82.7 cm³/mol. The second kappa shape index (κ2) is 5.28. The molecule has 3 aromatic rings. The first-order valence-corrected chi connectivity index (χ1v) is 6.75. The number of nitrogens with one attached hydrogen (secondary N) is 1. The number of benzene rings is 1. The van der Waals surface area contributed by atoms with Crippen LogP contribution in [0.25, 0.3) is 27.1 Å². The lowest BCUT2D eigenvalue weighted by atomic mass is 10.0. The average molecular weight is 292 g/mol. The molecule has 7 nitrogen and oxygen atoms in total. The van der Waals surface area contributed by atoms with Crippen LogP contribution in [0.3, 0.4) is 0 Å². The number of fused-ring (bicyclic) bond motifs is 3. The second-order valence-electron chi connectivity index (χ2n) is 4.93. The summed E-state index contributed by atoms with van der Waals surface area (Å²) < 4.78 is 1.52. The Morgan fingerprint density at radius 3 is 2.95 bits per heavy atom. The van der Waals surface area contributed by atoms with Crippen molar-refractivity contribution in [2.75, 3.05) is 6.54 Å². The summed E-state index contributed by atoms with van der Waals surface area (Å²) in [5.41, 5.74) is 11.8. The van der Waals surface area contributed by atoms with Gasteiger partial charge in [0.2, 0.25) is 0 Å². The number of imidazole rings is 1. The van der Waals surface area contributed by atoms with E-state index in [1.54, 1.807) is 6.92 Å². The number of azide groups is 1. The Kier molecular flexibility index (Phi) is 3.30. The maximum Gasteiger partial charge on any atom is 0.260 e. The van der Waals surface area contributed by atoms with Gasteiger partial charge in [-0.2, -0.15) is 5.26 Å². The molecule has 0 fully saturated rings. The van der Waals surface area contributed by atoms with E-state index >= 15 is 0 Å². The van der Waals surface area contributed by atoms with Crippen molar-refractivity contribution in [3.63, 3.8) is 0 Å². The minimum absolute atomic E-state index is 0.183. The van der Waals surface area contributed by atoms with Gasteiger partial charge < -0.3 is 4.98 Å². The van der Waals surface area contributed by atoms with Gasteiger partial charge in [-0.05, 0) is 36.6 Å². The number of aromatic nitrogens is 2. The zero-order valence-corrected chi connectivity index (χ0v) is 11.9. The Labute approximate surface area is 125 Å². The molecule has 0 spiro atoms. The molecule has 0 amide bonds. The first-order chi connectivity index (χ1) is 10.7. The number of H-pyrrole nitrogens is 1. The van der Waals surface area contributed by atoms with Gasteiger partial charge in [0.15, 0.2) is 0 Å². The van der Waals surface area contributed by atoms with Crippen LogP contribution in [-0.4, -0.2) is 15.9 Å². The van der Waals surface area contributed by atoms with Crippen LogP contribution in [0.5, 0.6) is 0 Å². The second-order valence-corrected chi connectivity index (χ2v) is 4.93. The van der Waals surface area contributed by atoms with E-state index in [0.29, 0.717) is 28.8 Å². The summed E-state index contributed by atoms with van der Waals surface area (Å²) in [7, 11) is 0. The highest BCUT2D eigenvalue weighted by Crippen LogP contribution is 2.21. The Bertz CT molecular complexity index is 1030. The molecule has 0 saturated carbocycles. The molecule has 0 aliphatic rings. The number of nitriles is 1. The Balaban J connectivity index is 2.42. The summed E-state index contributed by atoms with van der Waals surface area (Å²) in [6.45, 7) is 1.93. The normalized spacial score (nSPS) is 10.5. The molecule has 108 valence electrons. The molecule has 0 unspecified atom stereocenters. The van der Waals surface area contributed by atoms with E-state index in [2.05, 4.69) is 21.1 Å². The summed E-state index contributed by atoms with van der Waals surface area (Å²) in [5.74, 6) is 0. The Hall–Kier alpha value is -3.23. The fourth-order valence-electron chi connectivity index (χ4n) is 2.73. The quantitative estimate of drug-likeness (QED) is 0.455. The molecule has 1 N–H and O–H groups in total. The fraction of sp³-hybridized carbons (Fsp3) is 0.200. The summed E-state index contributed by atoms with van der Waals surface area (Å²) >= 11 is 0. The monoisotopic (exact) mass is 292 g/mol. The van der Waals surface area contributed by atoms with E-state index in [9.17, 15) is 10.1 Å². The van der Waals surface area contributed by atoms with Gasteiger partial charge in [0.05, 0.1) is 16.6 Å². The molecule has 0 saturated heterocycles. The lowest BCUT2D eigenvalue weighted by molar-refractivity contribution is 0.911. The topological polar surface area (TPSA) is 110 Å². The molecule has 3 rings (SSSR count). The zero-order valence-electron chi connectivity index (χ0n) is 11.9. The van der Waals surface area contributed by atoms with Crippen LogP contribution >= 0.6 is 0 Å². The van der Waals surface area contributed by atoms with Gasteiger partial charge >= 0.3 is 0 Å². The third-order valence-corrected chi connectivity index (χ3v) is 3.78. The van der Waals surface area contributed by atoms with Crippen molar-refractivity contribution >= 4 is 16.7 Å². The van der Waals surface area contributed by atoms with Crippen molar-refractivity contribution in [1.82, 2.24) is 9.38 Å². The molecule has 0 aliphatic heterocycles. The van der Waals surface area contributed by atoms with Gasteiger partial charge in [-0.1, -0.05) is 17.2 Å². The van der Waals surface area contributed by atoms with Crippen molar-refractivity contribution in [2.45, 2.75) is 13.3 Å². The number of pyridine rings is 1. The zero-order chi connectivity index (χ0) is 15.7. The molecule has 22 heavy (non-hydrogen) atoms. The first-order valence-electron chi connectivity index (χ1n) is 6.75. The van der Waals surface area contributed by atoms with E-state index in [0.717, 1.165) is 11.0 Å². The van der Waals surface area contributed by atoms with E-state index in [1.165, 1.54) is 4.40 Å². The summed E-state index contributed by atoms with van der Waals surface area (Å²) in [5, 5.41) is 12.9. The molecule has 2 aromatic heterocycles. The molecule has 1 aromatic carbocycles. The maximum absolute atomic E-state index is 12.8. The Morgan fingerprint density at radius 1 is 1.45 bits per heavy atom. The molecule has 0 atom stereocenters. The molecular formula is C15H12N6O. The van der Waals surface area contributed by atoms with Crippen LogP contribution in [-0.2, 0) is 6.42 Å². The van der Waals surface area contributed by atoms with Gasteiger partial charge in [0.1, 0.15) is 11.7 Å². The molecule has 7 heteroatoms. The average Bonchev–Trinajstić information content (AvgIpc) is 2.90. The highest BCUT2D eigenvalue weighted by atomic mass is 16.1. The lowest BCUT2D eigenvalue weighted by Crippen LogP contribution is -2.21. The minimum atomic E-state index is -0.183. The van der Waals surface area contributed by atoms with Gasteiger partial charge in [-0.15, -0.1) is 0 Å². The van der Waals surface area contributed by atoms with Gasteiger partial charge in [0.25, 0.3) is 5.56 Å². The number of rotatable bonds is 3. The third kappa shape index (κ3) is 1.91. The van der Waals surface area contributed by atoms with Crippen LogP contribution in [0.4, 0.5) is 0 Å². The predicted octanol–water partition coefficient (Wildman–Crippen LogP) is 2.81. The molecular weight excluding hydrogens is 280 g/mol. The fourth-order valence-corrected chi connectivity index (χ4v) is 2.73. The Morgan fingerprint density at radius 2 is 2.23 bits per heavy atom. The van der Waals surface area contributed by atoms with Crippen LogP contribution < -0.4 is 5.56 Å². The number of nitrogens with zero attached hydrogens (tertiary/aromatic N) is 5. The minimum Gasteiger partial charge on any atom is -0.338 e. The van der Waals surface area contributed by atoms with E-state index in [1.807, 2.05) is 24.3 Å². The van der Waals surface area contributed by atoms with Crippen molar-refractivity contribution in [3.05, 3.63) is 61.8 Å². The van der Waals surface area contributed by atoms with Crippen molar-refractivity contribution in [3.8, 4) is 6.07 Å². The lowest BCUT2D eigenvalue weighted by Gasteiger charge is -2.07. The summed E-state index contributed by atoms with van der Waals surface area (Å²) in [4.78, 5) is 18.6.